The van der Waals surface area contributed by atoms with E-state index in [1.54, 1.807) is 0 Å². The maximum absolute atomic E-state index is 12.1. The number of anilines is 1. The van der Waals surface area contributed by atoms with Crippen molar-refractivity contribution in [2.24, 2.45) is 0 Å². The summed E-state index contributed by atoms with van der Waals surface area (Å²) in [5, 5.41) is 6.98. The normalized spacial score (nSPS) is 21.1. The predicted molar refractivity (Wildman–Crippen MR) is 57.7 cm³/mol. The lowest BCUT2D eigenvalue weighted by atomic mass is 9.99. The van der Waals surface area contributed by atoms with Crippen LogP contribution in [0.2, 0.25) is 0 Å². The van der Waals surface area contributed by atoms with Crippen LogP contribution < -0.4 is 5.73 Å². The number of carbonyl (C=O) groups is 1. The van der Waals surface area contributed by atoms with Crippen LogP contribution in [0.25, 0.3) is 0 Å². The molecule has 1 amide bonds. The monoisotopic (exact) mass is 224 g/mol. The summed E-state index contributed by atoms with van der Waals surface area (Å²) in [7, 11) is 0. The van der Waals surface area contributed by atoms with E-state index in [0.717, 1.165) is 25.8 Å². The number of amides is 1. The zero-order valence-corrected chi connectivity index (χ0v) is 9.35. The second-order valence-electron chi connectivity index (χ2n) is 4.05. The molecule has 88 valence electrons. The smallest absolute Gasteiger partial charge is 0.280 e. The van der Waals surface area contributed by atoms with Gasteiger partial charge in [0, 0.05) is 12.6 Å². The van der Waals surface area contributed by atoms with Gasteiger partial charge in [-0.15, -0.1) is 0 Å². The molecule has 0 spiro atoms. The molecule has 1 unspecified atom stereocenters. The summed E-state index contributed by atoms with van der Waals surface area (Å²) < 4.78 is 4.45. The number of piperidine rings is 1. The molecule has 1 saturated heterocycles. The number of nitrogens with zero attached hydrogens (tertiary/aromatic N) is 3. The molecule has 0 bridgehead atoms. The van der Waals surface area contributed by atoms with Crippen LogP contribution in [-0.2, 0) is 0 Å². The third-order valence-corrected chi connectivity index (χ3v) is 3.08. The van der Waals surface area contributed by atoms with Crippen molar-refractivity contribution in [3.8, 4) is 0 Å². The van der Waals surface area contributed by atoms with Gasteiger partial charge in [-0.25, -0.2) is 4.63 Å². The molecule has 0 aromatic carbocycles. The Morgan fingerprint density at radius 3 is 3.00 bits per heavy atom. The Balaban J connectivity index is 2.17. The summed E-state index contributed by atoms with van der Waals surface area (Å²) in [4.78, 5) is 14.0. The minimum Gasteiger partial charge on any atom is -0.379 e. The van der Waals surface area contributed by atoms with E-state index in [1.807, 2.05) is 4.90 Å². The van der Waals surface area contributed by atoms with E-state index >= 15 is 0 Å². The molecule has 1 atom stereocenters. The van der Waals surface area contributed by atoms with Gasteiger partial charge in [-0.1, -0.05) is 6.92 Å². The van der Waals surface area contributed by atoms with Crippen molar-refractivity contribution in [2.75, 3.05) is 12.3 Å². The molecule has 2 rings (SSSR count). The Bertz CT molecular complexity index is 377. The summed E-state index contributed by atoms with van der Waals surface area (Å²) >= 11 is 0. The predicted octanol–water partition coefficient (Wildman–Crippen LogP) is 1.06. The van der Waals surface area contributed by atoms with Crippen LogP contribution in [0.15, 0.2) is 4.63 Å². The first-order valence-electron chi connectivity index (χ1n) is 5.63. The number of hydrogen-bond acceptors (Lipinski definition) is 5. The highest BCUT2D eigenvalue weighted by molar-refractivity contribution is 5.96. The van der Waals surface area contributed by atoms with Gasteiger partial charge in [0.2, 0.25) is 11.5 Å². The quantitative estimate of drug-likeness (QED) is 0.811. The van der Waals surface area contributed by atoms with Crippen molar-refractivity contribution < 1.29 is 9.42 Å². The van der Waals surface area contributed by atoms with Crippen molar-refractivity contribution in [3.63, 3.8) is 0 Å². The molecule has 0 saturated carbocycles. The minimum atomic E-state index is -0.162. The Labute approximate surface area is 93.7 Å². The van der Waals surface area contributed by atoms with Crippen LogP contribution in [0.3, 0.4) is 0 Å². The van der Waals surface area contributed by atoms with Gasteiger partial charge in [0.1, 0.15) is 0 Å². The van der Waals surface area contributed by atoms with Gasteiger partial charge in [-0.3, -0.25) is 4.79 Å². The average molecular weight is 224 g/mol. The lowest BCUT2D eigenvalue weighted by molar-refractivity contribution is 0.0597. The molecule has 1 aliphatic rings. The minimum absolute atomic E-state index is 0.0745. The SMILES string of the molecule is CCC1CCCCN1C(=O)c1nonc1N. The standard InChI is InChI=1S/C10H16N4O2/c1-2-7-5-3-4-6-14(7)10(15)8-9(11)13-16-12-8/h7H,2-6H2,1H3,(H2,11,13). The molecule has 1 aromatic rings. The molecule has 1 fully saturated rings. The van der Waals surface area contributed by atoms with Gasteiger partial charge in [-0.2, -0.15) is 0 Å². The van der Waals surface area contributed by atoms with Crippen LogP contribution >= 0.6 is 0 Å². The number of carbonyl (C=O) groups excluding carboxylic acids is 1. The second-order valence-corrected chi connectivity index (χ2v) is 4.05. The molecule has 1 aromatic heterocycles. The Morgan fingerprint density at radius 2 is 2.38 bits per heavy atom. The van der Waals surface area contributed by atoms with Crippen LogP contribution in [0.1, 0.15) is 43.1 Å². The van der Waals surface area contributed by atoms with Gasteiger partial charge in [-0.05, 0) is 36.0 Å². The Kier molecular flexibility index (Phi) is 3.07. The zero-order chi connectivity index (χ0) is 11.5. The average Bonchev–Trinajstić information content (AvgIpc) is 2.74. The fraction of sp³-hybridized carbons (Fsp3) is 0.700. The number of likely N-dealkylation sites (tertiary alicyclic amines) is 1. The van der Waals surface area contributed by atoms with E-state index in [2.05, 4.69) is 21.9 Å². The van der Waals surface area contributed by atoms with Crippen molar-refractivity contribution in [1.29, 1.82) is 0 Å². The summed E-state index contributed by atoms with van der Waals surface area (Å²) in [5.41, 5.74) is 5.66. The van der Waals surface area contributed by atoms with Crippen LogP contribution in [0.4, 0.5) is 5.82 Å². The molecule has 1 aliphatic heterocycles. The third kappa shape index (κ3) is 1.87. The summed E-state index contributed by atoms with van der Waals surface area (Å²) in [5.74, 6) is -0.0873. The fourth-order valence-electron chi connectivity index (χ4n) is 2.17. The molecule has 2 heterocycles. The summed E-state index contributed by atoms with van der Waals surface area (Å²) in [6, 6.07) is 0.289. The molecular formula is C10H16N4O2. The van der Waals surface area contributed by atoms with Crippen molar-refractivity contribution in [2.45, 2.75) is 38.6 Å². The molecule has 0 radical (unpaired) electrons. The third-order valence-electron chi connectivity index (χ3n) is 3.08. The lowest BCUT2D eigenvalue weighted by Gasteiger charge is -2.34. The highest BCUT2D eigenvalue weighted by Crippen LogP contribution is 2.22. The number of nitrogens with two attached hydrogens (primary N) is 1. The van der Waals surface area contributed by atoms with E-state index in [1.165, 1.54) is 6.42 Å². The highest BCUT2D eigenvalue weighted by atomic mass is 16.6. The van der Waals surface area contributed by atoms with Crippen LogP contribution in [0, 0.1) is 0 Å². The highest BCUT2D eigenvalue weighted by Gasteiger charge is 2.29. The fourth-order valence-corrected chi connectivity index (χ4v) is 2.17. The maximum Gasteiger partial charge on any atom is 0.280 e. The zero-order valence-electron chi connectivity index (χ0n) is 9.35. The summed E-state index contributed by atoms with van der Waals surface area (Å²) in [6.07, 6.45) is 4.21. The van der Waals surface area contributed by atoms with Crippen LogP contribution in [0.5, 0.6) is 0 Å². The number of nitrogen functional groups attached to an aromatic ring is 1. The van der Waals surface area contributed by atoms with Gasteiger partial charge < -0.3 is 10.6 Å². The van der Waals surface area contributed by atoms with E-state index in [4.69, 9.17) is 5.73 Å². The first kappa shape index (κ1) is 10.9. The summed E-state index contributed by atoms with van der Waals surface area (Å²) in [6.45, 7) is 2.85. The van der Waals surface area contributed by atoms with Crippen LogP contribution in [-0.4, -0.2) is 33.7 Å². The topological polar surface area (TPSA) is 85.2 Å². The van der Waals surface area contributed by atoms with Crippen molar-refractivity contribution >= 4 is 11.7 Å². The molecule has 6 heteroatoms. The molecule has 6 nitrogen and oxygen atoms in total. The van der Waals surface area contributed by atoms with E-state index in [0.29, 0.717) is 0 Å². The van der Waals surface area contributed by atoms with E-state index in [-0.39, 0.29) is 23.5 Å². The molecule has 16 heavy (non-hydrogen) atoms. The van der Waals surface area contributed by atoms with Crippen molar-refractivity contribution in [3.05, 3.63) is 5.69 Å². The first-order chi connectivity index (χ1) is 7.74. The van der Waals surface area contributed by atoms with Gasteiger partial charge >= 0.3 is 0 Å². The van der Waals surface area contributed by atoms with Gasteiger partial charge in [0.15, 0.2) is 0 Å². The maximum atomic E-state index is 12.1. The van der Waals surface area contributed by atoms with E-state index < -0.39 is 0 Å². The molecule has 2 N–H and O–H groups in total. The molecular weight excluding hydrogens is 208 g/mol. The Morgan fingerprint density at radius 1 is 1.56 bits per heavy atom. The number of aromatic nitrogens is 2. The first-order valence-corrected chi connectivity index (χ1v) is 5.63. The molecule has 0 aliphatic carbocycles. The van der Waals surface area contributed by atoms with Crippen molar-refractivity contribution in [1.82, 2.24) is 15.2 Å². The number of rotatable bonds is 2. The lowest BCUT2D eigenvalue weighted by Crippen LogP contribution is -2.43. The number of hydrogen-bond donors (Lipinski definition) is 1. The Hall–Kier alpha value is -1.59. The van der Waals surface area contributed by atoms with E-state index in [9.17, 15) is 4.79 Å². The van der Waals surface area contributed by atoms with Gasteiger partial charge in [0.25, 0.3) is 5.91 Å². The second kappa shape index (κ2) is 4.51. The largest absolute Gasteiger partial charge is 0.379 e. The van der Waals surface area contributed by atoms with Gasteiger partial charge in [0.05, 0.1) is 0 Å².